The number of carbonyl (C=O) groups is 2. The molecule has 228 valence electrons. The standard InChI is InChI=1S/C26H13F10I2N3O2/c1-41(22(43)13-7-5-12(11-39)6-8-13)18-4-2-3-15(19(18)27)21(42)40-20-16(37)9-14(10-17(20)38)23(28,25(31,32)33)24(29,30)26(34,35)36/h2-10H,1H3,(H,40,42). The molecule has 43 heavy (non-hydrogen) atoms. The third kappa shape index (κ3) is 6.25. The van der Waals surface area contributed by atoms with E-state index < -0.39 is 65.5 Å². The van der Waals surface area contributed by atoms with Crippen molar-refractivity contribution in [3.63, 3.8) is 0 Å². The molecule has 0 aliphatic rings. The molecule has 0 radical (unpaired) electrons. The zero-order valence-corrected chi connectivity index (χ0v) is 25.3. The minimum absolute atomic E-state index is 0.0578. The first-order valence-corrected chi connectivity index (χ1v) is 13.4. The molecule has 2 amide bonds. The summed E-state index contributed by atoms with van der Waals surface area (Å²) in [7, 11) is 1.19. The van der Waals surface area contributed by atoms with Gasteiger partial charge >= 0.3 is 23.9 Å². The minimum atomic E-state index is -6.92. The monoisotopic (exact) mass is 843 g/mol. The van der Waals surface area contributed by atoms with Crippen molar-refractivity contribution in [2.45, 2.75) is 23.9 Å². The van der Waals surface area contributed by atoms with Gasteiger partial charge in [-0.25, -0.2) is 8.78 Å². The molecule has 3 rings (SSSR count). The van der Waals surface area contributed by atoms with E-state index in [9.17, 15) is 49.1 Å². The third-order valence-corrected chi connectivity index (χ3v) is 7.71. The van der Waals surface area contributed by atoms with Crippen molar-refractivity contribution < 1.29 is 53.5 Å². The molecule has 0 aliphatic heterocycles. The molecule has 1 unspecified atom stereocenters. The Morgan fingerprint density at radius 2 is 1.40 bits per heavy atom. The lowest BCUT2D eigenvalue weighted by Gasteiger charge is -2.36. The topological polar surface area (TPSA) is 73.2 Å². The van der Waals surface area contributed by atoms with E-state index in [0.717, 1.165) is 17.0 Å². The fourth-order valence-corrected chi connectivity index (χ4v) is 5.77. The number of hydrogen-bond donors (Lipinski definition) is 1. The quantitative estimate of drug-likeness (QED) is 0.201. The SMILES string of the molecule is CN(C(=O)c1ccc(C#N)cc1)c1cccc(C(=O)Nc2c(I)cc(C(F)(C(F)(F)F)C(F)(F)C(F)(F)F)cc2I)c1F. The molecular formula is C26H13F10I2N3O2. The molecule has 0 fully saturated rings. The van der Waals surface area contributed by atoms with Crippen molar-refractivity contribution >= 4 is 68.4 Å². The number of alkyl halides is 9. The fourth-order valence-electron chi connectivity index (χ4n) is 3.74. The van der Waals surface area contributed by atoms with Crippen molar-refractivity contribution in [1.29, 1.82) is 5.26 Å². The summed E-state index contributed by atoms with van der Waals surface area (Å²) < 4.78 is 136. The zero-order chi connectivity index (χ0) is 32.7. The van der Waals surface area contributed by atoms with Gasteiger partial charge in [-0.3, -0.25) is 9.59 Å². The van der Waals surface area contributed by atoms with Gasteiger partial charge in [0.15, 0.2) is 5.82 Å². The summed E-state index contributed by atoms with van der Waals surface area (Å²) in [5.41, 5.74) is -9.46. The van der Waals surface area contributed by atoms with Crippen molar-refractivity contribution in [2.24, 2.45) is 0 Å². The lowest BCUT2D eigenvalue weighted by atomic mass is 9.87. The van der Waals surface area contributed by atoms with Gasteiger partial charge in [-0.15, -0.1) is 0 Å². The molecule has 17 heteroatoms. The van der Waals surface area contributed by atoms with Crippen LogP contribution in [0.2, 0.25) is 0 Å². The van der Waals surface area contributed by atoms with Gasteiger partial charge in [-0.1, -0.05) is 6.07 Å². The van der Waals surface area contributed by atoms with Gasteiger partial charge < -0.3 is 10.2 Å². The van der Waals surface area contributed by atoms with Crippen LogP contribution >= 0.6 is 45.2 Å². The van der Waals surface area contributed by atoms with Crippen LogP contribution in [-0.4, -0.2) is 37.1 Å². The number of nitrogens with one attached hydrogen (secondary N) is 1. The van der Waals surface area contributed by atoms with E-state index in [-0.39, 0.29) is 28.9 Å². The second-order valence-corrected chi connectivity index (χ2v) is 11.0. The zero-order valence-electron chi connectivity index (χ0n) is 20.9. The highest BCUT2D eigenvalue weighted by Gasteiger charge is 2.81. The van der Waals surface area contributed by atoms with E-state index in [2.05, 4.69) is 5.32 Å². The van der Waals surface area contributed by atoms with Crippen molar-refractivity contribution in [1.82, 2.24) is 0 Å². The highest BCUT2D eigenvalue weighted by molar-refractivity contribution is 14.1. The highest BCUT2D eigenvalue weighted by Crippen LogP contribution is 2.58. The van der Waals surface area contributed by atoms with E-state index in [1.807, 2.05) is 6.07 Å². The molecule has 0 aliphatic carbocycles. The van der Waals surface area contributed by atoms with Crippen molar-refractivity contribution in [3.05, 3.63) is 89.8 Å². The van der Waals surface area contributed by atoms with Gasteiger partial charge in [-0.2, -0.15) is 40.4 Å². The maximum Gasteiger partial charge on any atom is 0.457 e. The average molecular weight is 843 g/mol. The largest absolute Gasteiger partial charge is 0.457 e. The molecule has 0 aromatic heterocycles. The Labute approximate surface area is 263 Å². The Morgan fingerprint density at radius 1 is 0.860 bits per heavy atom. The smallest absolute Gasteiger partial charge is 0.320 e. The number of rotatable bonds is 6. The molecular weight excluding hydrogens is 830 g/mol. The fraction of sp³-hybridized carbons (Fsp3) is 0.192. The first-order chi connectivity index (χ1) is 19.7. The summed E-state index contributed by atoms with van der Waals surface area (Å²) in [5, 5.41) is 11.0. The number of benzene rings is 3. The number of carbonyl (C=O) groups excluding carboxylic acids is 2. The number of amides is 2. The van der Waals surface area contributed by atoms with Gasteiger partial charge in [-0.05, 0) is 93.7 Å². The summed E-state index contributed by atoms with van der Waals surface area (Å²) in [6.07, 6.45) is -13.6. The third-order valence-electron chi connectivity index (χ3n) is 6.01. The molecule has 3 aromatic rings. The predicted octanol–water partition coefficient (Wildman–Crippen LogP) is 8.36. The summed E-state index contributed by atoms with van der Waals surface area (Å²) in [6.45, 7) is 0. The van der Waals surface area contributed by atoms with E-state index in [1.54, 1.807) is 0 Å². The Balaban J connectivity index is 1.98. The van der Waals surface area contributed by atoms with Crippen LogP contribution in [0.1, 0.15) is 31.8 Å². The van der Waals surface area contributed by atoms with Gasteiger partial charge in [0.05, 0.1) is 28.6 Å². The van der Waals surface area contributed by atoms with E-state index in [4.69, 9.17) is 5.26 Å². The molecule has 5 nitrogen and oxygen atoms in total. The Bertz CT molecular complexity index is 1600. The predicted molar refractivity (Wildman–Crippen MR) is 150 cm³/mol. The second-order valence-electron chi connectivity index (χ2n) is 8.69. The summed E-state index contributed by atoms with van der Waals surface area (Å²) in [4.78, 5) is 26.6. The Morgan fingerprint density at radius 3 is 1.86 bits per heavy atom. The van der Waals surface area contributed by atoms with Crippen LogP contribution in [0, 0.1) is 24.3 Å². The van der Waals surface area contributed by atoms with Gasteiger partial charge in [0.25, 0.3) is 11.8 Å². The molecule has 0 saturated heterocycles. The van der Waals surface area contributed by atoms with Crippen LogP contribution in [0.4, 0.5) is 55.3 Å². The second kappa shape index (κ2) is 12.1. The molecule has 0 heterocycles. The summed E-state index contributed by atoms with van der Waals surface area (Å²) in [5.74, 6) is -10.1. The van der Waals surface area contributed by atoms with Crippen LogP contribution in [0.15, 0.2) is 54.6 Å². The maximum absolute atomic E-state index is 15.4. The lowest BCUT2D eigenvalue weighted by molar-refractivity contribution is -0.389. The number of nitrogens with zero attached hydrogens (tertiary/aromatic N) is 2. The van der Waals surface area contributed by atoms with Crippen LogP contribution in [0.5, 0.6) is 0 Å². The number of hydrogen-bond acceptors (Lipinski definition) is 3. The Kier molecular flexibility index (Phi) is 9.66. The first kappa shape index (κ1) is 34.3. The van der Waals surface area contributed by atoms with E-state index in [0.29, 0.717) is 0 Å². The van der Waals surface area contributed by atoms with E-state index in [1.165, 1.54) is 82.6 Å². The maximum atomic E-state index is 15.4. The average Bonchev–Trinajstić information content (AvgIpc) is 2.92. The molecule has 3 aromatic carbocycles. The number of nitriles is 1. The summed E-state index contributed by atoms with van der Waals surface area (Å²) in [6, 6.07) is 10.6. The highest BCUT2D eigenvalue weighted by atomic mass is 127. The molecule has 0 saturated carbocycles. The molecule has 0 spiro atoms. The van der Waals surface area contributed by atoms with Gasteiger partial charge in [0.2, 0.25) is 0 Å². The van der Waals surface area contributed by atoms with Gasteiger partial charge in [0, 0.05) is 25.3 Å². The summed E-state index contributed by atoms with van der Waals surface area (Å²) >= 11 is 2.36. The normalized spacial score (nSPS) is 13.6. The van der Waals surface area contributed by atoms with Crippen molar-refractivity contribution in [2.75, 3.05) is 17.3 Å². The van der Waals surface area contributed by atoms with Crippen molar-refractivity contribution in [3.8, 4) is 6.07 Å². The van der Waals surface area contributed by atoms with Crippen LogP contribution in [0.25, 0.3) is 0 Å². The Hall–Kier alpha value is -3.15. The van der Waals surface area contributed by atoms with Crippen LogP contribution in [-0.2, 0) is 5.67 Å². The first-order valence-electron chi connectivity index (χ1n) is 11.3. The van der Waals surface area contributed by atoms with Crippen LogP contribution in [0.3, 0.4) is 0 Å². The molecule has 1 atom stereocenters. The van der Waals surface area contributed by atoms with Gasteiger partial charge in [0.1, 0.15) is 0 Å². The molecule has 0 bridgehead atoms. The lowest BCUT2D eigenvalue weighted by Crippen LogP contribution is -2.59. The minimum Gasteiger partial charge on any atom is -0.320 e. The number of anilines is 2. The molecule has 1 N–H and O–H groups in total. The number of halogens is 12. The van der Waals surface area contributed by atoms with E-state index >= 15 is 4.39 Å². The van der Waals surface area contributed by atoms with Crippen LogP contribution < -0.4 is 10.2 Å².